The molecule has 0 spiro atoms. The fraction of sp³-hybridized carbons (Fsp3) is 0.294. The lowest BCUT2D eigenvalue weighted by molar-refractivity contribution is 0.102. The summed E-state index contributed by atoms with van der Waals surface area (Å²) in [4.78, 5) is 18.7. The number of carbonyl (C=O) groups is 1. The van der Waals surface area contributed by atoms with Gasteiger partial charge in [0.2, 0.25) is 0 Å². The van der Waals surface area contributed by atoms with Crippen molar-refractivity contribution in [2.45, 2.75) is 0 Å². The Kier molecular flexibility index (Phi) is 4.90. The van der Waals surface area contributed by atoms with Crippen molar-refractivity contribution in [2.24, 2.45) is 0 Å². The number of anilines is 2. The molecular formula is C17H18FN3O3. The van der Waals surface area contributed by atoms with Crippen molar-refractivity contribution >= 4 is 17.4 Å². The summed E-state index contributed by atoms with van der Waals surface area (Å²) in [5, 5.41) is 2.65. The van der Waals surface area contributed by atoms with E-state index in [1.807, 2.05) is 6.07 Å². The van der Waals surface area contributed by atoms with Gasteiger partial charge in [-0.2, -0.15) is 0 Å². The highest BCUT2D eigenvalue weighted by Crippen LogP contribution is 2.21. The number of morpholine rings is 1. The molecule has 0 radical (unpaired) electrons. The van der Waals surface area contributed by atoms with Gasteiger partial charge in [0.25, 0.3) is 5.91 Å². The monoisotopic (exact) mass is 331 g/mol. The summed E-state index contributed by atoms with van der Waals surface area (Å²) in [6.45, 7) is 3.01. The molecule has 7 heteroatoms. The molecule has 0 aliphatic carbocycles. The summed E-state index contributed by atoms with van der Waals surface area (Å²) >= 11 is 0. The lowest BCUT2D eigenvalue weighted by Crippen LogP contribution is -2.36. The Morgan fingerprint density at radius 2 is 2.08 bits per heavy atom. The number of ether oxygens (including phenoxy) is 2. The molecular weight excluding hydrogens is 313 g/mol. The number of hydrogen-bond donors (Lipinski definition) is 1. The molecule has 1 N–H and O–H groups in total. The molecule has 1 saturated heterocycles. The fourth-order valence-corrected chi connectivity index (χ4v) is 2.51. The van der Waals surface area contributed by atoms with E-state index in [9.17, 15) is 9.18 Å². The smallest absolute Gasteiger partial charge is 0.260 e. The first kappa shape index (κ1) is 16.2. The van der Waals surface area contributed by atoms with Gasteiger partial charge in [-0.25, -0.2) is 9.37 Å². The summed E-state index contributed by atoms with van der Waals surface area (Å²) in [7, 11) is 1.43. The van der Waals surface area contributed by atoms with Crippen molar-refractivity contribution in [1.82, 2.24) is 4.98 Å². The molecule has 0 bridgehead atoms. The van der Waals surface area contributed by atoms with Crippen molar-refractivity contribution in [1.29, 1.82) is 0 Å². The number of hydrogen-bond acceptors (Lipinski definition) is 5. The Hall–Kier alpha value is -2.67. The van der Waals surface area contributed by atoms with Crippen LogP contribution < -0.4 is 15.0 Å². The molecule has 0 atom stereocenters. The number of nitrogens with one attached hydrogen (secondary N) is 1. The summed E-state index contributed by atoms with van der Waals surface area (Å²) in [6, 6.07) is 7.39. The standard InChI is InChI=1S/C17H18FN3O3/c1-23-15-4-2-12(18)10-14(15)17(22)20-16-5-3-13(11-19-16)21-6-8-24-9-7-21/h2-5,10-11H,6-9H2,1H3,(H,19,20,22). The van der Waals surface area contributed by atoms with Gasteiger partial charge in [-0.05, 0) is 30.3 Å². The minimum atomic E-state index is -0.503. The zero-order valence-corrected chi connectivity index (χ0v) is 13.3. The Balaban J connectivity index is 1.71. The van der Waals surface area contributed by atoms with E-state index in [0.29, 0.717) is 24.8 Å². The van der Waals surface area contributed by atoms with Crippen molar-refractivity contribution in [3.63, 3.8) is 0 Å². The van der Waals surface area contributed by atoms with Gasteiger partial charge in [0, 0.05) is 13.1 Å². The quantitative estimate of drug-likeness (QED) is 0.931. The van der Waals surface area contributed by atoms with Gasteiger partial charge in [-0.1, -0.05) is 0 Å². The molecule has 6 nitrogen and oxygen atoms in total. The summed E-state index contributed by atoms with van der Waals surface area (Å²) < 4.78 is 23.8. The predicted octanol–water partition coefficient (Wildman–Crippen LogP) is 2.32. The third-order valence-corrected chi connectivity index (χ3v) is 3.77. The zero-order valence-electron chi connectivity index (χ0n) is 13.3. The van der Waals surface area contributed by atoms with Crippen molar-refractivity contribution < 1.29 is 18.7 Å². The largest absolute Gasteiger partial charge is 0.496 e. The van der Waals surface area contributed by atoms with Crippen LogP contribution >= 0.6 is 0 Å². The second-order valence-corrected chi connectivity index (χ2v) is 5.30. The van der Waals surface area contributed by atoms with Gasteiger partial charge >= 0.3 is 0 Å². The minimum Gasteiger partial charge on any atom is -0.496 e. The van der Waals surface area contributed by atoms with E-state index >= 15 is 0 Å². The lowest BCUT2D eigenvalue weighted by Gasteiger charge is -2.28. The van der Waals surface area contributed by atoms with Gasteiger partial charge < -0.3 is 19.7 Å². The van der Waals surface area contributed by atoms with Crippen molar-refractivity contribution in [2.75, 3.05) is 43.6 Å². The highest BCUT2D eigenvalue weighted by atomic mass is 19.1. The minimum absolute atomic E-state index is 0.122. The van der Waals surface area contributed by atoms with Gasteiger partial charge in [0.15, 0.2) is 0 Å². The Labute approximate surface area is 139 Å². The third-order valence-electron chi connectivity index (χ3n) is 3.77. The molecule has 1 aromatic heterocycles. The second-order valence-electron chi connectivity index (χ2n) is 5.30. The first-order chi connectivity index (χ1) is 11.7. The highest BCUT2D eigenvalue weighted by Gasteiger charge is 2.15. The number of halogens is 1. The number of aromatic nitrogens is 1. The molecule has 0 saturated carbocycles. The summed E-state index contributed by atoms with van der Waals surface area (Å²) in [5.74, 6) is -0.281. The first-order valence-corrected chi connectivity index (χ1v) is 7.61. The molecule has 1 aromatic carbocycles. The van der Waals surface area contributed by atoms with E-state index in [1.165, 1.54) is 19.2 Å². The SMILES string of the molecule is COc1ccc(F)cc1C(=O)Nc1ccc(N2CCOCC2)cn1. The van der Waals surface area contributed by atoms with Crippen LogP contribution in [0, 0.1) is 5.82 Å². The maximum atomic E-state index is 13.4. The topological polar surface area (TPSA) is 63.7 Å². The van der Waals surface area contributed by atoms with E-state index in [1.54, 1.807) is 12.3 Å². The van der Waals surface area contributed by atoms with E-state index in [2.05, 4.69) is 15.2 Å². The molecule has 2 aromatic rings. The fourth-order valence-electron chi connectivity index (χ4n) is 2.51. The van der Waals surface area contributed by atoms with Gasteiger partial charge in [-0.15, -0.1) is 0 Å². The van der Waals surface area contributed by atoms with Crippen molar-refractivity contribution in [3.8, 4) is 5.75 Å². The Bertz CT molecular complexity index is 716. The normalized spacial score (nSPS) is 14.3. The van der Waals surface area contributed by atoms with Crippen LogP contribution in [0.2, 0.25) is 0 Å². The van der Waals surface area contributed by atoms with Crippen LogP contribution in [0.25, 0.3) is 0 Å². The van der Waals surface area contributed by atoms with E-state index in [-0.39, 0.29) is 5.56 Å². The summed E-state index contributed by atoms with van der Waals surface area (Å²) in [5.41, 5.74) is 1.09. The number of benzene rings is 1. The van der Waals surface area contributed by atoms with E-state index in [4.69, 9.17) is 9.47 Å². The van der Waals surface area contributed by atoms with Crippen LogP contribution in [0.15, 0.2) is 36.5 Å². The van der Waals surface area contributed by atoms with E-state index in [0.717, 1.165) is 24.8 Å². The van der Waals surface area contributed by atoms with Gasteiger partial charge in [-0.3, -0.25) is 4.79 Å². The molecule has 24 heavy (non-hydrogen) atoms. The number of amides is 1. The van der Waals surface area contributed by atoms with Crippen LogP contribution in [0.3, 0.4) is 0 Å². The molecule has 0 unspecified atom stereocenters. The van der Waals surface area contributed by atoms with Crippen LogP contribution in [0.4, 0.5) is 15.9 Å². The Morgan fingerprint density at radius 3 is 2.75 bits per heavy atom. The van der Waals surface area contributed by atoms with Gasteiger partial charge in [0.1, 0.15) is 17.4 Å². The molecule has 1 amide bonds. The number of nitrogens with zero attached hydrogens (tertiary/aromatic N) is 2. The summed E-state index contributed by atoms with van der Waals surface area (Å²) in [6.07, 6.45) is 1.70. The number of methoxy groups -OCH3 is 1. The highest BCUT2D eigenvalue weighted by molar-refractivity contribution is 6.05. The van der Waals surface area contributed by atoms with Crippen LogP contribution in [-0.4, -0.2) is 44.3 Å². The van der Waals surface area contributed by atoms with Gasteiger partial charge in [0.05, 0.1) is 37.8 Å². The molecule has 2 heterocycles. The number of rotatable bonds is 4. The average molecular weight is 331 g/mol. The maximum Gasteiger partial charge on any atom is 0.260 e. The second kappa shape index (κ2) is 7.27. The van der Waals surface area contributed by atoms with E-state index < -0.39 is 11.7 Å². The van der Waals surface area contributed by atoms with Crippen LogP contribution in [-0.2, 0) is 4.74 Å². The maximum absolute atomic E-state index is 13.4. The number of pyridine rings is 1. The Morgan fingerprint density at radius 1 is 1.29 bits per heavy atom. The zero-order chi connectivity index (χ0) is 16.9. The molecule has 3 rings (SSSR count). The van der Waals surface area contributed by atoms with Crippen LogP contribution in [0.5, 0.6) is 5.75 Å². The molecule has 1 aliphatic rings. The number of carbonyl (C=O) groups excluding carboxylic acids is 1. The molecule has 1 aliphatic heterocycles. The first-order valence-electron chi connectivity index (χ1n) is 7.61. The third kappa shape index (κ3) is 3.62. The predicted molar refractivity (Wildman–Crippen MR) is 88.2 cm³/mol. The molecule has 1 fully saturated rings. The molecule has 126 valence electrons. The average Bonchev–Trinajstić information content (AvgIpc) is 2.63. The lowest BCUT2D eigenvalue weighted by atomic mass is 10.2. The van der Waals surface area contributed by atoms with Crippen molar-refractivity contribution in [3.05, 3.63) is 47.9 Å². The van der Waals surface area contributed by atoms with Crippen LogP contribution in [0.1, 0.15) is 10.4 Å².